The molecule has 0 aliphatic heterocycles. The smallest absolute Gasteiger partial charge is 0.0494 e. The molecule has 0 bridgehead atoms. The van der Waals surface area contributed by atoms with Gasteiger partial charge >= 0.3 is 0 Å². The lowest BCUT2D eigenvalue weighted by molar-refractivity contribution is 1.11. The second-order valence-electron chi connectivity index (χ2n) is 4.97. The lowest BCUT2D eigenvalue weighted by atomic mass is 10.1. The molecule has 0 unspecified atom stereocenters. The van der Waals surface area contributed by atoms with Gasteiger partial charge in [0.2, 0.25) is 0 Å². The number of thiophene rings is 1. The van der Waals surface area contributed by atoms with Gasteiger partial charge in [-0.1, -0.05) is 13.0 Å². The molecule has 0 radical (unpaired) electrons. The van der Waals surface area contributed by atoms with E-state index >= 15 is 0 Å². The molecule has 1 heterocycles. The minimum absolute atomic E-state index is 0.903. The first-order chi connectivity index (χ1) is 9.10. The molecule has 0 fully saturated rings. The highest BCUT2D eigenvalue weighted by molar-refractivity contribution is 7.12. The van der Waals surface area contributed by atoms with Gasteiger partial charge < -0.3 is 10.2 Å². The highest BCUT2D eigenvalue weighted by atomic mass is 32.1. The van der Waals surface area contributed by atoms with Crippen LogP contribution in [0.1, 0.15) is 22.2 Å². The minimum atomic E-state index is 0.903. The van der Waals surface area contributed by atoms with Crippen LogP contribution < -0.4 is 10.2 Å². The van der Waals surface area contributed by atoms with E-state index in [4.69, 9.17) is 0 Å². The molecule has 2 nitrogen and oxygen atoms in total. The van der Waals surface area contributed by atoms with E-state index in [0.29, 0.717) is 0 Å². The highest BCUT2D eigenvalue weighted by Gasteiger charge is 2.03. The normalized spacial score (nSPS) is 10.5. The lowest BCUT2D eigenvalue weighted by Gasteiger charge is -2.17. The van der Waals surface area contributed by atoms with Crippen LogP contribution in [0.5, 0.6) is 0 Å². The van der Waals surface area contributed by atoms with Crippen molar-refractivity contribution >= 4 is 22.7 Å². The van der Waals surface area contributed by atoms with Crippen LogP contribution in [-0.4, -0.2) is 14.1 Å². The van der Waals surface area contributed by atoms with E-state index in [0.717, 1.165) is 13.0 Å². The molecule has 2 aromatic rings. The average Bonchev–Trinajstić information content (AvgIpc) is 2.85. The molecule has 1 aromatic heterocycles. The van der Waals surface area contributed by atoms with E-state index in [1.54, 1.807) is 0 Å². The Morgan fingerprint density at radius 1 is 1.11 bits per heavy atom. The van der Waals surface area contributed by atoms with Crippen LogP contribution in [0, 0.1) is 6.92 Å². The summed E-state index contributed by atoms with van der Waals surface area (Å²) in [5.74, 6) is 0. The van der Waals surface area contributed by atoms with Gasteiger partial charge in [-0.05, 0) is 43.2 Å². The van der Waals surface area contributed by atoms with Crippen molar-refractivity contribution in [2.75, 3.05) is 24.3 Å². The number of hydrogen-bond donors (Lipinski definition) is 1. The Balaban J connectivity index is 2.05. The first-order valence-electron chi connectivity index (χ1n) is 6.69. The van der Waals surface area contributed by atoms with Crippen LogP contribution >= 0.6 is 11.3 Å². The summed E-state index contributed by atoms with van der Waals surface area (Å²) in [6.45, 7) is 5.25. The standard InChI is InChI=1S/C16H22N2S/c1-5-14-8-9-15(19-14)11-17-13-7-6-12(2)16(10-13)18(3)4/h6-10,17H,5,11H2,1-4H3. The summed E-state index contributed by atoms with van der Waals surface area (Å²) in [7, 11) is 4.16. The number of aryl methyl sites for hydroxylation is 2. The lowest BCUT2D eigenvalue weighted by Crippen LogP contribution is -2.10. The zero-order valence-electron chi connectivity index (χ0n) is 12.2. The third-order valence-electron chi connectivity index (χ3n) is 3.22. The van der Waals surface area contributed by atoms with Gasteiger partial charge in [0.25, 0.3) is 0 Å². The Morgan fingerprint density at radius 3 is 2.47 bits per heavy atom. The van der Waals surface area contributed by atoms with E-state index in [1.807, 2.05) is 11.3 Å². The van der Waals surface area contributed by atoms with Crippen LogP contribution in [0.25, 0.3) is 0 Å². The fourth-order valence-electron chi connectivity index (χ4n) is 2.10. The van der Waals surface area contributed by atoms with Gasteiger partial charge in [-0.25, -0.2) is 0 Å². The van der Waals surface area contributed by atoms with Crippen molar-refractivity contribution in [3.05, 3.63) is 45.6 Å². The van der Waals surface area contributed by atoms with Crippen molar-refractivity contribution in [3.8, 4) is 0 Å². The molecule has 0 saturated heterocycles. The Morgan fingerprint density at radius 2 is 1.84 bits per heavy atom. The predicted octanol–water partition coefficient (Wildman–Crippen LogP) is 4.30. The minimum Gasteiger partial charge on any atom is -0.380 e. The van der Waals surface area contributed by atoms with Gasteiger partial charge in [0.15, 0.2) is 0 Å². The summed E-state index contributed by atoms with van der Waals surface area (Å²) in [5.41, 5.74) is 3.76. The van der Waals surface area contributed by atoms with Gasteiger partial charge in [0.1, 0.15) is 0 Å². The van der Waals surface area contributed by atoms with Crippen molar-refractivity contribution < 1.29 is 0 Å². The number of anilines is 2. The van der Waals surface area contributed by atoms with Crippen molar-refractivity contribution in [1.82, 2.24) is 0 Å². The van der Waals surface area contributed by atoms with Crippen LogP contribution in [0.4, 0.5) is 11.4 Å². The predicted molar refractivity (Wildman–Crippen MR) is 86.5 cm³/mol. The Kier molecular flexibility index (Phi) is 4.48. The monoisotopic (exact) mass is 274 g/mol. The number of nitrogens with zero attached hydrogens (tertiary/aromatic N) is 1. The molecule has 1 aromatic carbocycles. The molecule has 0 amide bonds. The Bertz CT molecular complexity index is 543. The first kappa shape index (κ1) is 13.9. The molecule has 0 atom stereocenters. The number of nitrogens with one attached hydrogen (secondary N) is 1. The molecule has 1 N–H and O–H groups in total. The fourth-order valence-corrected chi connectivity index (χ4v) is 3.00. The topological polar surface area (TPSA) is 15.3 Å². The maximum atomic E-state index is 3.50. The maximum Gasteiger partial charge on any atom is 0.0494 e. The SMILES string of the molecule is CCc1ccc(CNc2ccc(C)c(N(C)C)c2)s1. The fraction of sp³-hybridized carbons (Fsp3) is 0.375. The maximum absolute atomic E-state index is 3.50. The second kappa shape index (κ2) is 6.11. The summed E-state index contributed by atoms with van der Waals surface area (Å²) >= 11 is 1.89. The highest BCUT2D eigenvalue weighted by Crippen LogP contribution is 2.24. The van der Waals surface area contributed by atoms with Crippen LogP contribution in [-0.2, 0) is 13.0 Å². The molecule has 0 saturated carbocycles. The Hall–Kier alpha value is -1.48. The van der Waals surface area contributed by atoms with Gasteiger partial charge in [0, 0.05) is 41.8 Å². The molecule has 19 heavy (non-hydrogen) atoms. The largest absolute Gasteiger partial charge is 0.380 e. The average molecular weight is 274 g/mol. The van der Waals surface area contributed by atoms with Crippen LogP contribution in [0.15, 0.2) is 30.3 Å². The van der Waals surface area contributed by atoms with E-state index in [9.17, 15) is 0 Å². The molecular weight excluding hydrogens is 252 g/mol. The number of rotatable bonds is 5. The van der Waals surface area contributed by atoms with E-state index in [-0.39, 0.29) is 0 Å². The van der Waals surface area contributed by atoms with Crippen LogP contribution in [0.3, 0.4) is 0 Å². The molecule has 3 heteroatoms. The van der Waals surface area contributed by atoms with Gasteiger partial charge in [-0.15, -0.1) is 11.3 Å². The third kappa shape index (κ3) is 3.51. The van der Waals surface area contributed by atoms with Crippen molar-refractivity contribution in [2.24, 2.45) is 0 Å². The van der Waals surface area contributed by atoms with E-state index in [1.165, 1.54) is 26.7 Å². The van der Waals surface area contributed by atoms with Crippen molar-refractivity contribution in [1.29, 1.82) is 0 Å². The summed E-state index contributed by atoms with van der Waals surface area (Å²) in [4.78, 5) is 5.00. The van der Waals surface area contributed by atoms with E-state index in [2.05, 4.69) is 68.5 Å². The summed E-state index contributed by atoms with van der Waals surface area (Å²) in [6, 6.07) is 11.0. The molecule has 0 aliphatic rings. The van der Waals surface area contributed by atoms with Gasteiger partial charge in [-0.3, -0.25) is 0 Å². The summed E-state index contributed by atoms with van der Waals surface area (Å²) in [5, 5.41) is 3.50. The zero-order valence-corrected chi connectivity index (χ0v) is 13.0. The van der Waals surface area contributed by atoms with Gasteiger partial charge in [0.05, 0.1) is 0 Å². The molecule has 0 aliphatic carbocycles. The van der Waals surface area contributed by atoms with Gasteiger partial charge in [-0.2, -0.15) is 0 Å². The summed E-state index contributed by atoms with van der Waals surface area (Å²) in [6.07, 6.45) is 1.12. The second-order valence-corrected chi connectivity index (χ2v) is 6.22. The molecule has 0 spiro atoms. The van der Waals surface area contributed by atoms with Crippen molar-refractivity contribution in [3.63, 3.8) is 0 Å². The van der Waals surface area contributed by atoms with E-state index < -0.39 is 0 Å². The zero-order chi connectivity index (χ0) is 13.8. The molecule has 102 valence electrons. The van der Waals surface area contributed by atoms with Crippen molar-refractivity contribution in [2.45, 2.75) is 26.8 Å². The van der Waals surface area contributed by atoms with Crippen LogP contribution in [0.2, 0.25) is 0 Å². The first-order valence-corrected chi connectivity index (χ1v) is 7.51. The molecule has 2 rings (SSSR count). The quantitative estimate of drug-likeness (QED) is 0.874. The number of benzene rings is 1. The molecular formula is C16H22N2S. The summed E-state index contributed by atoms with van der Waals surface area (Å²) < 4.78 is 0. The third-order valence-corrected chi connectivity index (χ3v) is 4.45. The Labute approximate surface area is 120 Å². The number of hydrogen-bond acceptors (Lipinski definition) is 3.